The van der Waals surface area contributed by atoms with Gasteiger partial charge in [-0.25, -0.2) is 4.98 Å². The van der Waals surface area contributed by atoms with Gasteiger partial charge in [-0.15, -0.1) is 11.3 Å². The van der Waals surface area contributed by atoms with Crippen molar-refractivity contribution in [3.05, 3.63) is 70.2 Å². The number of hydrogen-bond acceptors (Lipinski definition) is 4. The van der Waals surface area contributed by atoms with E-state index in [2.05, 4.69) is 15.6 Å². The van der Waals surface area contributed by atoms with Gasteiger partial charge in [0.1, 0.15) is 0 Å². The second-order valence-corrected chi connectivity index (χ2v) is 6.54. The number of carbonyl (C=O) groups is 1. The van der Waals surface area contributed by atoms with Crippen LogP contribution < -0.4 is 10.6 Å². The van der Waals surface area contributed by atoms with Crippen molar-refractivity contribution in [2.45, 2.75) is 13.3 Å². The molecule has 6 heteroatoms. The first-order valence-electron chi connectivity index (χ1n) is 7.43. The van der Waals surface area contributed by atoms with Crippen molar-refractivity contribution in [3.8, 4) is 0 Å². The molecule has 2 aromatic carbocycles. The quantitative estimate of drug-likeness (QED) is 0.673. The van der Waals surface area contributed by atoms with Crippen molar-refractivity contribution in [3.63, 3.8) is 0 Å². The van der Waals surface area contributed by atoms with E-state index in [4.69, 9.17) is 11.6 Å². The Morgan fingerprint density at radius 3 is 2.75 bits per heavy atom. The lowest BCUT2D eigenvalue weighted by Crippen LogP contribution is -2.15. The van der Waals surface area contributed by atoms with Gasteiger partial charge in [0.25, 0.3) is 0 Å². The summed E-state index contributed by atoms with van der Waals surface area (Å²) in [7, 11) is 0. The van der Waals surface area contributed by atoms with E-state index in [0.29, 0.717) is 5.02 Å². The normalized spacial score (nSPS) is 10.4. The summed E-state index contributed by atoms with van der Waals surface area (Å²) in [6.07, 6.45) is 0.221. The molecule has 0 fully saturated rings. The Morgan fingerprint density at radius 1 is 1.17 bits per heavy atom. The third-order valence-electron chi connectivity index (χ3n) is 3.46. The Bertz CT molecular complexity index is 848. The van der Waals surface area contributed by atoms with Crippen LogP contribution in [0.2, 0.25) is 5.02 Å². The number of benzene rings is 2. The van der Waals surface area contributed by atoms with E-state index in [1.165, 1.54) is 11.3 Å². The van der Waals surface area contributed by atoms with Crippen molar-refractivity contribution in [2.24, 2.45) is 0 Å². The summed E-state index contributed by atoms with van der Waals surface area (Å²) in [5.41, 5.74) is 3.29. The number of halogens is 1. The number of thiazole rings is 1. The van der Waals surface area contributed by atoms with Crippen molar-refractivity contribution in [2.75, 3.05) is 10.6 Å². The van der Waals surface area contributed by atoms with Gasteiger partial charge >= 0.3 is 0 Å². The standard InChI is InChI=1S/C18H16ClN3OS/c1-12-15(19)8-5-9-16(12)22-17(23)10-14-11-24-18(21-14)20-13-6-3-2-4-7-13/h2-9,11H,10H2,1H3,(H,20,21)(H,22,23). The molecule has 0 saturated heterocycles. The topological polar surface area (TPSA) is 54.0 Å². The predicted octanol–water partition coefficient (Wildman–Crippen LogP) is 5.03. The first-order chi connectivity index (χ1) is 11.6. The summed E-state index contributed by atoms with van der Waals surface area (Å²) in [5, 5.41) is 9.39. The number of hydrogen-bond donors (Lipinski definition) is 2. The van der Waals surface area contributed by atoms with E-state index in [9.17, 15) is 4.79 Å². The van der Waals surface area contributed by atoms with Gasteiger partial charge < -0.3 is 10.6 Å². The number of para-hydroxylation sites is 1. The summed E-state index contributed by atoms with van der Waals surface area (Å²) >= 11 is 7.54. The predicted molar refractivity (Wildman–Crippen MR) is 100 cm³/mol. The van der Waals surface area contributed by atoms with Crippen LogP contribution in [0.25, 0.3) is 0 Å². The van der Waals surface area contributed by atoms with Crippen molar-refractivity contribution in [1.82, 2.24) is 4.98 Å². The molecule has 0 bridgehead atoms. The van der Waals surface area contributed by atoms with Gasteiger partial charge in [-0.3, -0.25) is 4.79 Å². The highest BCUT2D eigenvalue weighted by molar-refractivity contribution is 7.13. The van der Waals surface area contributed by atoms with E-state index in [-0.39, 0.29) is 12.3 Å². The average Bonchev–Trinajstić information content (AvgIpc) is 2.99. The number of rotatable bonds is 5. The zero-order valence-electron chi connectivity index (χ0n) is 13.0. The molecular weight excluding hydrogens is 342 g/mol. The number of carbonyl (C=O) groups excluding carboxylic acids is 1. The molecule has 1 aromatic heterocycles. The van der Waals surface area contributed by atoms with Crippen LogP contribution in [0.4, 0.5) is 16.5 Å². The van der Waals surface area contributed by atoms with E-state index in [0.717, 1.165) is 27.8 Å². The molecular formula is C18H16ClN3OS. The van der Waals surface area contributed by atoms with Crippen LogP contribution in [0.5, 0.6) is 0 Å². The summed E-state index contributed by atoms with van der Waals surface area (Å²) in [4.78, 5) is 16.7. The summed E-state index contributed by atoms with van der Waals surface area (Å²) in [6.45, 7) is 1.88. The van der Waals surface area contributed by atoms with Crippen molar-refractivity contribution < 1.29 is 4.79 Å². The molecule has 4 nitrogen and oxygen atoms in total. The van der Waals surface area contributed by atoms with Crippen LogP contribution >= 0.6 is 22.9 Å². The molecule has 1 heterocycles. The Hall–Kier alpha value is -2.37. The lowest BCUT2D eigenvalue weighted by Gasteiger charge is -2.08. The van der Waals surface area contributed by atoms with Crippen LogP contribution in [0.15, 0.2) is 53.9 Å². The zero-order valence-corrected chi connectivity index (χ0v) is 14.6. The van der Waals surface area contributed by atoms with E-state index < -0.39 is 0 Å². The number of nitrogens with zero attached hydrogens (tertiary/aromatic N) is 1. The molecule has 0 atom stereocenters. The van der Waals surface area contributed by atoms with Crippen LogP contribution in [0.3, 0.4) is 0 Å². The maximum absolute atomic E-state index is 12.2. The maximum Gasteiger partial charge on any atom is 0.230 e. The lowest BCUT2D eigenvalue weighted by atomic mass is 10.2. The molecule has 0 unspecified atom stereocenters. The average molecular weight is 358 g/mol. The van der Waals surface area contributed by atoms with E-state index in [1.54, 1.807) is 6.07 Å². The van der Waals surface area contributed by atoms with Gasteiger partial charge in [0.2, 0.25) is 5.91 Å². The molecule has 24 heavy (non-hydrogen) atoms. The molecule has 0 aliphatic carbocycles. The van der Waals surface area contributed by atoms with Gasteiger partial charge in [0.15, 0.2) is 5.13 Å². The number of aromatic nitrogens is 1. The second kappa shape index (κ2) is 7.47. The highest BCUT2D eigenvalue weighted by Gasteiger charge is 2.10. The summed E-state index contributed by atoms with van der Waals surface area (Å²) in [5.74, 6) is -0.114. The van der Waals surface area contributed by atoms with Crippen LogP contribution in [-0.2, 0) is 11.2 Å². The van der Waals surface area contributed by atoms with Crippen LogP contribution in [-0.4, -0.2) is 10.9 Å². The molecule has 0 radical (unpaired) electrons. The van der Waals surface area contributed by atoms with Gasteiger partial charge in [-0.1, -0.05) is 35.9 Å². The van der Waals surface area contributed by atoms with Crippen molar-refractivity contribution in [1.29, 1.82) is 0 Å². The second-order valence-electron chi connectivity index (χ2n) is 5.27. The Labute approximate surface area is 149 Å². The Morgan fingerprint density at radius 2 is 1.96 bits per heavy atom. The smallest absolute Gasteiger partial charge is 0.230 e. The molecule has 0 saturated carbocycles. The van der Waals surface area contributed by atoms with E-state index >= 15 is 0 Å². The SMILES string of the molecule is Cc1c(Cl)cccc1NC(=O)Cc1csc(Nc2ccccc2)n1. The monoisotopic (exact) mass is 357 g/mol. The molecule has 0 aliphatic heterocycles. The molecule has 3 aromatic rings. The third-order valence-corrected chi connectivity index (χ3v) is 4.68. The highest BCUT2D eigenvalue weighted by Crippen LogP contribution is 2.24. The fourth-order valence-electron chi connectivity index (χ4n) is 2.19. The molecule has 122 valence electrons. The lowest BCUT2D eigenvalue weighted by molar-refractivity contribution is -0.115. The minimum absolute atomic E-state index is 0.114. The van der Waals surface area contributed by atoms with Gasteiger partial charge in [0.05, 0.1) is 12.1 Å². The van der Waals surface area contributed by atoms with Crippen LogP contribution in [0.1, 0.15) is 11.3 Å². The first kappa shape index (κ1) is 16.5. The first-order valence-corrected chi connectivity index (χ1v) is 8.69. The minimum Gasteiger partial charge on any atom is -0.332 e. The van der Waals surface area contributed by atoms with Gasteiger partial charge in [0, 0.05) is 21.8 Å². The van der Waals surface area contributed by atoms with Gasteiger partial charge in [-0.05, 0) is 36.8 Å². The van der Waals surface area contributed by atoms with Gasteiger partial charge in [-0.2, -0.15) is 0 Å². The molecule has 0 spiro atoms. The molecule has 1 amide bonds. The molecule has 2 N–H and O–H groups in total. The Balaban J connectivity index is 1.62. The zero-order chi connectivity index (χ0) is 16.9. The number of anilines is 3. The number of amides is 1. The Kier molecular flexibility index (Phi) is 5.13. The van der Waals surface area contributed by atoms with Crippen LogP contribution in [0, 0.1) is 6.92 Å². The fraction of sp³-hybridized carbons (Fsp3) is 0.111. The minimum atomic E-state index is -0.114. The molecule has 0 aliphatic rings. The highest BCUT2D eigenvalue weighted by atomic mass is 35.5. The summed E-state index contributed by atoms with van der Waals surface area (Å²) < 4.78 is 0. The maximum atomic E-state index is 12.2. The molecule has 3 rings (SSSR count). The fourth-order valence-corrected chi connectivity index (χ4v) is 3.10. The summed E-state index contributed by atoms with van der Waals surface area (Å²) in [6, 6.07) is 15.3. The third kappa shape index (κ3) is 4.13. The van der Waals surface area contributed by atoms with E-state index in [1.807, 2.05) is 54.8 Å². The number of nitrogens with one attached hydrogen (secondary N) is 2. The largest absolute Gasteiger partial charge is 0.332 e. The van der Waals surface area contributed by atoms with Crippen molar-refractivity contribution >= 4 is 45.4 Å².